The van der Waals surface area contributed by atoms with Crippen LogP contribution >= 0.6 is 23.4 Å². The maximum atomic E-state index is 11.9. The summed E-state index contributed by atoms with van der Waals surface area (Å²) in [5.74, 6) is 0.721. The fourth-order valence-corrected chi connectivity index (χ4v) is 2.68. The Morgan fingerprint density at radius 1 is 1.52 bits per heavy atom. The van der Waals surface area contributed by atoms with Crippen molar-refractivity contribution in [3.63, 3.8) is 0 Å². The van der Waals surface area contributed by atoms with Crippen molar-refractivity contribution in [3.8, 4) is 0 Å². The molecule has 112 valence electrons. The fraction of sp³-hybridized carbons (Fsp3) is 0.333. The van der Waals surface area contributed by atoms with E-state index >= 15 is 0 Å². The highest BCUT2D eigenvalue weighted by atomic mass is 35.5. The van der Waals surface area contributed by atoms with E-state index in [1.807, 2.05) is 11.5 Å². The monoisotopic (exact) mass is 326 g/mol. The molecule has 21 heavy (non-hydrogen) atoms. The first-order valence-electron chi connectivity index (χ1n) is 6.31. The van der Waals surface area contributed by atoms with E-state index in [0.29, 0.717) is 29.8 Å². The zero-order valence-corrected chi connectivity index (χ0v) is 13.0. The molecule has 3 N–H and O–H groups in total. The second-order valence-electron chi connectivity index (χ2n) is 4.03. The van der Waals surface area contributed by atoms with Gasteiger partial charge in [-0.2, -0.15) is 0 Å². The van der Waals surface area contributed by atoms with Crippen LogP contribution < -0.4 is 11.1 Å². The van der Waals surface area contributed by atoms with Crippen LogP contribution in [0.4, 0.5) is 5.69 Å². The van der Waals surface area contributed by atoms with Crippen LogP contribution in [-0.4, -0.2) is 31.4 Å². The number of carbonyl (C=O) groups is 1. The van der Waals surface area contributed by atoms with Crippen molar-refractivity contribution < 1.29 is 4.79 Å². The molecule has 0 bridgehead atoms. The predicted octanol–water partition coefficient (Wildman–Crippen LogP) is 1.54. The second kappa shape index (κ2) is 7.39. The minimum absolute atomic E-state index is 0.185. The third kappa shape index (κ3) is 3.93. The van der Waals surface area contributed by atoms with E-state index in [2.05, 4.69) is 20.5 Å². The molecule has 0 spiro atoms. The first kappa shape index (κ1) is 15.7. The van der Waals surface area contributed by atoms with Crippen LogP contribution in [0.5, 0.6) is 0 Å². The van der Waals surface area contributed by atoms with Crippen LogP contribution in [0.3, 0.4) is 0 Å². The number of carbonyl (C=O) groups excluding carboxylic acids is 1. The topological polar surface area (TPSA) is 98.7 Å². The highest BCUT2D eigenvalue weighted by Gasteiger charge is 2.12. The van der Waals surface area contributed by atoms with E-state index in [9.17, 15) is 4.79 Å². The number of nitrogens with one attached hydrogen (secondary N) is 1. The summed E-state index contributed by atoms with van der Waals surface area (Å²) in [6, 6.07) is 3.40. The number of nitrogens with two attached hydrogens (primary N) is 1. The molecule has 1 amide bonds. The third-order valence-corrected chi connectivity index (χ3v) is 3.93. The summed E-state index contributed by atoms with van der Waals surface area (Å²) >= 11 is 7.18. The molecule has 0 aliphatic rings. The maximum Gasteiger partial charge on any atom is 0.234 e. The molecule has 9 heteroatoms. The Hall–Kier alpha value is -1.64. The SMILES string of the molecule is CCn1c(CN)nnc1SCC(=O)Nc1cccnc1Cl. The van der Waals surface area contributed by atoms with Gasteiger partial charge in [-0.3, -0.25) is 4.79 Å². The number of rotatable bonds is 6. The number of hydrogen-bond acceptors (Lipinski definition) is 6. The van der Waals surface area contributed by atoms with Crippen LogP contribution in [0.1, 0.15) is 12.7 Å². The Morgan fingerprint density at radius 2 is 2.33 bits per heavy atom. The van der Waals surface area contributed by atoms with Gasteiger partial charge in [0.1, 0.15) is 5.82 Å². The lowest BCUT2D eigenvalue weighted by Gasteiger charge is -2.07. The number of nitrogens with zero attached hydrogens (tertiary/aromatic N) is 4. The van der Waals surface area contributed by atoms with E-state index in [1.54, 1.807) is 18.3 Å². The average molecular weight is 327 g/mol. The van der Waals surface area contributed by atoms with Gasteiger partial charge in [0.15, 0.2) is 10.3 Å². The van der Waals surface area contributed by atoms with Crippen molar-refractivity contribution in [2.45, 2.75) is 25.2 Å². The molecule has 0 unspecified atom stereocenters. The molecule has 2 rings (SSSR count). The van der Waals surface area contributed by atoms with Crippen LogP contribution in [0.2, 0.25) is 5.15 Å². The summed E-state index contributed by atoms with van der Waals surface area (Å²) in [4.78, 5) is 15.8. The van der Waals surface area contributed by atoms with E-state index in [1.165, 1.54) is 11.8 Å². The number of thioether (sulfide) groups is 1. The highest BCUT2D eigenvalue weighted by molar-refractivity contribution is 7.99. The molecule has 2 heterocycles. The summed E-state index contributed by atoms with van der Waals surface area (Å²) < 4.78 is 1.88. The Labute approximate surface area is 131 Å². The number of hydrogen-bond donors (Lipinski definition) is 2. The number of amides is 1. The van der Waals surface area contributed by atoms with Crippen molar-refractivity contribution in [3.05, 3.63) is 29.3 Å². The standard InChI is InChI=1S/C12H15ClN6OS/c1-2-19-9(6-14)17-18-12(19)21-7-10(20)16-8-4-3-5-15-11(8)13/h3-5H,2,6-7,14H2,1H3,(H,16,20). The number of anilines is 1. The summed E-state index contributed by atoms with van der Waals surface area (Å²) in [6.07, 6.45) is 1.56. The van der Waals surface area contributed by atoms with Gasteiger partial charge in [-0.15, -0.1) is 10.2 Å². The van der Waals surface area contributed by atoms with E-state index in [-0.39, 0.29) is 16.8 Å². The molecule has 0 saturated carbocycles. The van der Waals surface area contributed by atoms with Crippen molar-refractivity contribution in [1.82, 2.24) is 19.7 Å². The minimum atomic E-state index is -0.185. The fourth-order valence-electron chi connectivity index (χ4n) is 1.69. The minimum Gasteiger partial charge on any atom is -0.324 e. The van der Waals surface area contributed by atoms with E-state index in [0.717, 1.165) is 0 Å². The molecule has 2 aromatic heterocycles. The van der Waals surface area contributed by atoms with Crippen molar-refractivity contribution in [1.29, 1.82) is 0 Å². The molecule has 0 radical (unpaired) electrons. The van der Waals surface area contributed by atoms with Gasteiger partial charge < -0.3 is 15.6 Å². The van der Waals surface area contributed by atoms with Crippen molar-refractivity contribution >= 4 is 35.0 Å². The van der Waals surface area contributed by atoms with Gasteiger partial charge in [0.05, 0.1) is 18.0 Å². The average Bonchev–Trinajstić information content (AvgIpc) is 2.89. The Kier molecular flexibility index (Phi) is 5.54. The zero-order valence-electron chi connectivity index (χ0n) is 11.4. The largest absolute Gasteiger partial charge is 0.324 e. The lowest BCUT2D eigenvalue weighted by Crippen LogP contribution is -2.15. The second-order valence-corrected chi connectivity index (χ2v) is 5.33. The predicted molar refractivity (Wildman–Crippen MR) is 82.2 cm³/mol. The van der Waals surface area contributed by atoms with Crippen molar-refractivity contribution in [2.24, 2.45) is 5.73 Å². The molecular weight excluding hydrogens is 312 g/mol. The molecule has 0 aromatic carbocycles. The van der Waals surface area contributed by atoms with Gasteiger partial charge in [-0.1, -0.05) is 23.4 Å². The number of aromatic nitrogens is 4. The van der Waals surface area contributed by atoms with Gasteiger partial charge >= 0.3 is 0 Å². The number of pyridine rings is 1. The van der Waals surface area contributed by atoms with Crippen LogP contribution in [-0.2, 0) is 17.9 Å². The summed E-state index contributed by atoms with van der Waals surface area (Å²) in [5, 5.41) is 11.7. The summed E-state index contributed by atoms with van der Waals surface area (Å²) in [7, 11) is 0. The normalized spacial score (nSPS) is 10.6. The molecule has 0 saturated heterocycles. The smallest absolute Gasteiger partial charge is 0.234 e. The van der Waals surface area contributed by atoms with Crippen LogP contribution in [0.25, 0.3) is 0 Å². The van der Waals surface area contributed by atoms with Gasteiger partial charge in [-0.25, -0.2) is 4.98 Å². The molecule has 0 aliphatic heterocycles. The lowest BCUT2D eigenvalue weighted by atomic mass is 10.4. The Bertz CT molecular complexity index is 632. The van der Waals surface area contributed by atoms with E-state index < -0.39 is 0 Å². The van der Waals surface area contributed by atoms with Gasteiger partial charge in [0.25, 0.3) is 0 Å². The quantitative estimate of drug-likeness (QED) is 0.617. The first-order valence-corrected chi connectivity index (χ1v) is 7.67. The van der Waals surface area contributed by atoms with Crippen LogP contribution in [0.15, 0.2) is 23.5 Å². The third-order valence-electron chi connectivity index (χ3n) is 2.66. The van der Waals surface area contributed by atoms with Gasteiger partial charge in [0.2, 0.25) is 5.91 Å². The molecular formula is C12H15ClN6OS. The van der Waals surface area contributed by atoms with E-state index in [4.69, 9.17) is 17.3 Å². The number of halogens is 1. The van der Waals surface area contributed by atoms with Gasteiger partial charge in [-0.05, 0) is 19.1 Å². The van der Waals surface area contributed by atoms with Gasteiger partial charge in [0, 0.05) is 12.7 Å². The molecule has 0 aliphatic carbocycles. The molecule has 0 fully saturated rings. The Morgan fingerprint density at radius 3 is 3.00 bits per heavy atom. The summed E-state index contributed by atoms with van der Waals surface area (Å²) in [6.45, 7) is 3.00. The lowest BCUT2D eigenvalue weighted by molar-refractivity contribution is -0.113. The first-order chi connectivity index (χ1) is 10.2. The molecule has 0 atom stereocenters. The summed E-state index contributed by atoms with van der Waals surface area (Å²) in [5.41, 5.74) is 6.07. The maximum absolute atomic E-state index is 11.9. The van der Waals surface area contributed by atoms with Crippen LogP contribution in [0, 0.1) is 0 Å². The van der Waals surface area contributed by atoms with Crippen molar-refractivity contribution in [2.75, 3.05) is 11.1 Å². The zero-order chi connectivity index (χ0) is 15.2. The highest BCUT2D eigenvalue weighted by Crippen LogP contribution is 2.20. The molecule has 2 aromatic rings. The Balaban J connectivity index is 1.95. The molecule has 7 nitrogen and oxygen atoms in total.